The molecule has 0 saturated carbocycles. The Morgan fingerprint density at radius 1 is 1.11 bits per heavy atom. The van der Waals surface area contributed by atoms with Gasteiger partial charge in [0.05, 0.1) is 22.5 Å². The maximum atomic E-state index is 13.2. The summed E-state index contributed by atoms with van der Waals surface area (Å²) in [5, 5.41) is 8.23. The van der Waals surface area contributed by atoms with Crippen LogP contribution in [0.3, 0.4) is 0 Å². The standard InChI is InChI=1S/C23H23N5O6.ClH/c1-27(2)10-11-34-13-6-7-15(17(12-13)26-33)24-16-5-3-4-14-20(16)23(32)28(22(14)31)18-8-9-19(29)25-21(18)30;/h3-7,12,18,24H,8-11H2,1-2H3,(H,25,29,30);1H. The van der Waals surface area contributed by atoms with E-state index in [1.54, 1.807) is 24.3 Å². The van der Waals surface area contributed by atoms with Gasteiger partial charge in [0.1, 0.15) is 24.1 Å². The number of nitrogens with zero attached hydrogens (tertiary/aromatic N) is 3. The number of amides is 4. The molecule has 4 rings (SSSR count). The Kier molecular flexibility index (Phi) is 7.82. The Hall–Kier alpha value is -3.83. The van der Waals surface area contributed by atoms with E-state index in [0.29, 0.717) is 24.6 Å². The van der Waals surface area contributed by atoms with Gasteiger partial charge in [-0.2, -0.15) is 0 Å². The van der Waals surface area contributed by atoms with E-state index < -0.39 is 29.7 Å². The van der Waals surface area contributed by atoms with E-state index in [1.165, 1.54) is 12.1 Å². The van der Waals surface area contributed by atoms with Crippen molar-refractivity contribution in [2.75, 3.05) is 32.6 Å². The van der Waals surface area contributed by atoms with Crippen molar-refractivity contribution in [1.82, 2.24) is 15.1 Å². The molecule has 0 aliphatic carbocycles. The Balaban J connectivity index is 0.00000342. The quantitative estimate of drug-likeness (QED) is 0.416. The van der Waals surface area contributed by atoms with Crippen molar-refractivity contribution >= 4 is 53.1 Å². The maximum Gasteiger partial charge on any atom is 0.264 e. The van der Waals surface area contributed by atoms with Crippen molar-refractivity contribution in [3.8, 4) is 5.75 Å². The fourth-order valence-electron chi connectivity index (χ4n) is 3.89. The van der Waals surface area contributed by atoms with E-state index in [1.807, 2.05) is 19.0 Å². The lowest BCUT2D eigenvalue weighted by molar-refractivity contribution is -0.136. The summed E-state index contributed by atoms with van der Waals surface area (Å²) < 4.78 is 5.63. The molecule has 4 amide bonds. The number of nitroso groups, excluding NO2 is 1. The first kappa shape index (κ1) is 25.8. The maximum absolute atomic E-state index is 13.2. The van der Waals surface area contributed by atoms with Crippen LogP contribution in [0.15, 0.2) is 41.6 Å². The van der Waals surface area contributed by atoms with Crippen LogP contribution in [0.2, 0.25) is 0 Å². The number of rotatable bonds is 8. The fourth-order valence-corrected chi connectivity index (χ4v) is 3.89. The molecule has 0 radical (unpaired) electrons. The second-order valence-corrected chi connectivity index (χ2v) is 8.22. The molecule has 0 aromatic heterocycles. The molecular weight excluding hydrogens is 478 g/mol. The number of nitrogens with one attached hydrogen (secondary N) is 2. The van der Waals surface area contributed by atoms with Crippen LogP contribution in [0.4, 0.5) is 17.1 Å². The first-order valence-corrected chi connectivity index (χ1v) is 10.7. The zero-order valence-corrected chi connectivity index (χ0v) is 19.9. The van der Waals surface area contributed by atoms with Gasteiger partial charge in [0, 0.05) is 19.0 Å². The molecule has 0 bridgehead atoms. The lowest BCUT2D eigenvalue weighted by atomic mass is 10.0. The van der Waals surface area contributed by atoms with Gasteiger partial charge in [0.15, 0.2) is 0 Å². The minimum atomic E-state index is -1.07. The van der Waals surface area contributed by atoms with Crippen molar-refractivity contribution in [3.05, 3.63) is 52.4 Å². The monoisotopic (exact) mass is 501 g/mol. The molecule has 2 N–H and O–H groups in total. The third-order valence-electron chi connectivity index (χ3n) is 5.61. The number of likely N-dealkylation sites (N-methyl/N-ethyl adjacent to an activating group) is 1. The van der Waals surface area contributed by atoms with Crippen molar-refractivity contribution in [2.45, 2.75) is 18.9 Å². The van der Waals surface area contributed by atoms with Gasteiger partial charge in [-0.3, -0.25) is 29.4 Å². The fraction of sp³-hybridized carbons (Fsp3) is 0.304. The molecule has 2 aromatic carbocycles. The van der Waals surface area contributed by atoms with E-state index >= 15 is 0 Å². The highest BCUT2D eigenvalue weighted by atomic mass is 35.5. The molecule has 2 heterocycles. The number of anilines is 2. The minimum absolute atomic E-state index is 0. The minimum Gasteiger partial charge on any atom is -0.492 e. The molecule has 11 nitrogen and oxygen atoms in total. The number of halogens is 1. The summed E-state index contributed by atoms with van der Waals surface area (Å²) >= 11 is 0. The topological polar surface area (TPSA) is 137 Å². The van der Waals surface area contributed by atoms with Gasteiger partial charge >= 0.3 is 0 Å². The zero-order valence-electron chi connectivity index (χ0n) is 19.1. The number of imide groups is 2. The molecule has 35 heavy (non-hydrogen) atoms. The molecule has 2 aliphatic heterocycles. The molecule has 1 fully saturated rings. The van der Waals surface area contributed by atoms with Crippen LogP contribution in [-0.2, 0) is 9.59 Å². The molecular formula is C23H24ClN5O6. The Bertz CT molecular complexity index is 1200. The summed E-state index contributed by atoms with van der Waals surface area (Å²) in [6.45, 7) is 1.12. The lowest BCUT2D eigenvalue weighted by Crippen LogP contribution is -2.54. The van der Waals surface area contributed by atoms with E-state index in [4.69, 9.17) is 4.74 Å². The van der Waals surface area contributed by atoms with Crippen molar-refractivity contribution in [2.24, 2.45) is 5.18 Å². The van der Waals surface area contributed by atoms with E-state index in [9.17, 15) is 24.1 Å². The summed E-state index contributed by atoms with van der Waals surface area (Å²) in [5.74, 6) is -1.92. The van der Waals surface area contributed by atoms with Gasteiger partial charge in [-0.05, 0) is 50.0 Å². The number of hydrogen-bond acceptors (Lipinski definition) is 9. The number of benzene rings is 2. The number of ether oxygens (including phenoxy) is 1. The second-order valence-electron chi connectivity index (χ2n) is 8.22. The van der Waals surface area contributed by atoms with Crippen LogP contribution >= 0.6 is 12.4 Å². The third-order valence-corrected chi connectivity index (χ3v) is 5.61. The Labute approximate surface area is 207 Å². The Morgan fingerprint density at radius 3 is 2.57 bits per heavy atom. The summed E-state index contributed by atoms with van der Waals surface area (Å²) in [5.41, 5.74) is 0.892. The van der Waals surface area contributed by atoms with E-state index in [0.717, 1.165) is 4.90 Å². The highest BCUT2D eigenvalue weighted by Gasteiger charge is 2.45. The van der Waals surface area contributed by atoms with Crippen LogP contribution in [-0.4, -0.2) is 66.7 Å². The van der Waals surface area contributed by atoms with E-state index in [2.05, 4.69) is 15.8 Å². The van der Waals surface area contributed by atoms with Crippen LogP contribution in [0.25, 0.3) is 0 Å². The zero-order chi connectivity index (χ0) is 24.4. The second kappa shape index (κ2) is 10.6. The normalized spacial score (nSPS) is 17.1. The van der Waals surface area contributed by atoms with Gasteiger partial charge in [-0.15, -0.1) is 17.3 Å². The highest BCUT2D eigenvalue weighted by molar-refractivity contribution is 6.25. The number of fused-ring (bicyclic) bond motifs is 1. The molecule has 0 spiro atoms. The van der Waals surface area contributed by atoms with Crippen molar-refractivity contribution in [1.29, 1.82) is 0 Å². The highest BCUT2D eigenvalue weighted by Crippen LogP contribution is 2.37. The van der Waals surface area contributed by atoms with Gasteiger partial charge in [0.2, 0.25) is 11.8 Å². The number of carbonyl (C=O) groups is 4. The smallest absolute Gasteiger partial charge is 0.264 e. The molecule has 1 unspecified atom stereocenters. The Morgan fingerprint density at radius 2 is 1.89 bits per heavy atom. The van der Waals surface area contributed by atoms with Crippen molar-refractivity contribution in [3.63, 3.8) is 0 Å². The molecule has 2 aliphatic rings. The van der Waals surface area contributed by atoms with Crippen LogP contribution in [0.1, 0.15) is 33.6 Å². The summed E-state index contributed by atoms with van der Waals surface area (Å²) in [4.78, 5) is 64.3. The number of piperidine rings is 1. The van der Waals surface area contributed by atoms with Crippen molar-refractivity contribution < 1.29 is 23.9 Å². The van der Waals surface area contributed by atoms with Crippen LogP contribution in [0, 0.1) is 4.91 Å². The average Bonchev–Trinajstić information content (AvgIpc) is 3.05. The predicted molar refractivity (Wildman–Crippen MR) is 130 cm³/mol. The molecule has 12 heteroatoms. The largest absolute Gasteiger partial charge is 0.492 e. The van der Waals surface area contributed by atoms with Gasteiger partial charge in [-0.1, -0.05) is 6.07 Å². The lowest BCUT2D eigenvalue weighted by Gasteiger charge is -2.27. The molecule has 1 saturated heterocycles. The molecule has 2 aromatic rings. The molecule has 184 valence electrons. The summed E-state index contributed by atoms with van der Waals surface area (Å²) in [6.07, 6.45) is 0.0969. The first-order chi connectivity index (χ1) is 16.3. The third kappa shape index (κ3) is 5.15. The average molecular weight is 502 g/mol. The van der Waals surface area contributed by atoms with Gasteiger partial charge < -0.3 is 15.0 Å². The number of carbonyl (C=O) groups excluding carboxylic acids is 4. The van der Waals surface area contributed by atoms with Gasteiger partial charge in [-0.25, -0.2) is 0 Å². The summed E-state index contributed by atoms with van der Waals surface area (Å²) in [7, 11) is 3.83. The van der Waals surface area contributed by atoms with Crippen LogP contribution in [0.5, 0.6) is 5.75 Å². The SMILES string of the molecule is CN(C)CCOc1ccc(Nc2cccc3c2C(=O)N(C2CCC(=O)NC2=O)C3=O)c(N=O)c1.Cl. The predicted octanol–water partition coefficient (Wildman–Crippen LogP) is 2.59. The number of hydrogen-bond donors (Lipinski definition) is 2. The molecule has 1 atom stereocenters. The summed E-state index contributed by atoms with van der Waals surface area (Å²) in [6, 6.07) is 8.35. The first-order valence-electron chi connectivity index (χ1n) is 10.7. The van der Waals surface area contributed by atoms with E-state index in [-0.39, 0.29) is 47.8 Å². The van der Waals surface area contributed by atoms with Gasteiger partial charge in [0.25, 0.3) is 11.8 Å². The van der Waals surface area contributed by atoms with Crippen LogP contribution < -0.4 is 15.4 Å².